The van der Waals surface area contributed by atoms with Gasteiger partial charge in [0.2, 0.25) is 0 Å². The van der Waals surface area contributed by atoms with Crippen LogP contribution in [0.25, 0.3) is 0 Å². The topological polar surface area (TPSA) is 120 Å². The van der Waals surface area contributed by atoms with E-state index in [1.165, 1.54) is 11.8 Å². The number of aliphatic hydroxyl groups is 1. The largest absolute Gasteiger partial charge is 0.511 e. The maximum atomic E-state index is 12.9. The van der Waals surface area contributed by atoms with Gasteiger partial charge in [-0.25, -0.2) is 4.79 Å². The normalized spacial score (nSPS) is 21.2. The number of aliphatic hydroxyl groups excluding tert-OH is 1. The molecule has 0 fully saturated rings. The highest BCUT2D eigenvalue weighted by Gasteiger charge is 2.61. The molecule has 0 spiro atoms. The minimum absolute atomic E-state index is 0.304. The van der Waals surface area contributed by atoms with Crippen LogP contribution in [0.3, 0.4) is 0 Å². The lowest BCUT2D eigenvalue weighted by molar-refractivity contribution is -0.147. The number of carbonyl (C=O) groups excluding carboxylic acids is 2. The number of nitriles is 2. The van der Waals surface area contributed by atoms with Gasteiger partial charge in [0.1, 0.15) is 11.7 Å². The Morgan fingerprint density at radius 1 is 0.971 bits per heavy atom. The molecule has 0 amide bonds. The number of methoxy groups -OCH3 is 2. The van der Waals surface area contributed by atoms with Gasteiger partial charge in [-0.05, 0) is 36.4 Å². The number of nitrogens with zero attached hydrogens (tertiary/aromatic N) is 2. The number of thioether (sulfide) groups is 1. The molecule has 0 aliphatic heterocycles. The predicted molar refractivity (Wildman–Crippen MR) is 126 cm³/mol. The van der Waals surface area contributed by atoms with Crippen LogP contribution < -0.4 is 0 Å². The van der Waals surface area contributed by atoms with Crippen molar-refractivity contribution in [2.24, 2.45) is 11.3 Å². The number of hydrogen-bond donors (Lipinski definition) is 1. The summed E-state index contributed by atoms with van der Waals surface area (Å²) in [7, 11) is 2.28. The number of aryl methyl sites for hydroxylation is 1. The summed E-state index contributed by atoms with van der Waals surface area (Å²) in [5.41, 5.74) is -0.349. The molecule has 0 bridgehead atoms. The van der Waals surface area contributed by atoms with Crippen LogP contribution >= 0.6 is 11.8 Å². The molecule has 174 valence electrons. The van der Waals surface area contributed by atoms with Crippen LogP contribution in [0.5, 0.6) is 0 Å². The Hall–Kier alpha value is -3.75. The van der Waals surface area contributed by atoms with Crippen molar-refractivity contribution < 1.29 is 24.2 Å². The first-order valence-corrected chi connectivity index (χ1v) is 11.6. The lowest BCUT2D eigenvalue weighted by Crippen LogP contribution is -2.47. The fourth-order valence-corrected chi connectivity index (χ4v) is 5.01. The molecule has 7 nitrogen and oxygen atoms in total. The van der Waals surface area contributed by atoms with Crippen molar-refractivity contribution in [2.45, 2.75) is 23.7 Å². The summed E-state index contributed by atoms with van der Waals surface area (Å²) in [6, 6.07) is 18.3. The van der Waals surface area contributed by atoms with Gasteiger partial charge in [0.05, 0.1) is 37.8 Å². The summed E-state index contributed by atoms with van der Waals surface area (Å²) in [6.07, 6.45) is 1.91. The number of ether oxygens (including phenoxy) is 2. The highest BCUT2D eigenvalue weighted by Crippen LogP contribution is 2.59. The minimum atomic E-state index is -1.94. The van der Waals surface area contributed by atoms with Gasteiger partial charge in [0, 0.05) is 10.8 Å². The van der Waals surface area contributed by atoms with Crippen LogP contribution in [0, 0.1) is 40.9 Å². The highest BCUT2D eigenvalue weighted by atomic mass is 32.2. The van der Waals surface area contributed by atoms with Crippen molar-refractivity contribution in [1.29, 1.82) is 10.5 Å². The number of carbonyl (C=O) groups is 2. The average Bonchev–Trinajstić information content (AvgIpc) is 2.87. The SMILES string of the molecule is COC(=O)C1=C(O)[C@H](C(=O)OC)[C@H](c2ccc(C)cc2)C(C#N)(C#N)[C@H]1c1ccc(SC)cc1. The minimum Gasteiger partial charge on any atom is -0.511 e. The number of benzene rings is 2. The van der Waals surface area contributed by atoms with Gasteiger partial charge < -0.3 is 14.6 Å². The van der Waals surface area contributed by atoms with E-state index < -0.39 is 40.9 Å². The summed E-state index contributed by atoms with van der Waals surface area (Å²) in [6.45, 7) is 1.88. The Morgan fingerprint density at radius 2 is 1.53 bits per heavy atom. The molecule has 0 unspecified atom stereocenters. The molecule has 0 saturated carbocycles. The summed E-state index contributed by atoms with van der Waals surface area (Å²) in [4.78, 5) is 26.8. The van der Waals surface area contributed by atoms with E-state index in [0.717, 1.165) is 24.7 Å². The summed E-state index contributed by atoms with van der Waals surface area (Å²) < 4.78 is 9.87. The molecule has 3 atom stereocenters. The van der Waals surface area contributed by atoms with Crippen LogP contribution in [0.1, 0.15) is 28.5 Å². The average molecular weight is 477 g/mol. The Balaban J connectivity index is 2.45. The quantitative estimate of drug-likeness (QED) is 0.498. The van der Waals surface area contributed by atoms with E-state index in [-0.39, 0.29) is 5.57 Å². The fourth-order valence-electron chi connectivity index (χ4n) is 4.60. The first-order chi connectivity index (χ1) is 16.3. The lowest BCUT2D eigenvalue weighted by atomic mass is 9.54. The van der Waals surface area contributed by atoms with E-state index in [4.69, 9.17) is 9.47 Å². The fraction of sp³-hybridized carbons (Fsp3) is 0.308. The number of hydrogen-bond acceptors (Lipinski definition) is 8. The molecule has 1 aliphatic rings. The second-order valence-corrected chi connectivity index (χ2v) is 8.86. The molecule has 0 aromatic heterocycles. The molecule has 34 heavy (non-hydrogen) atoms. The first-order valence-electron chi connectivity index (χ1n) is 10.4. The van der Waals surface area contributed by atoms with Gasteiger partial charge in [0.25, 0.3) is 0 Å². The number of rotatable bonds is 5. The zero-order valence-corrected chi connectivity index (χ0v) is 20.1. The van der Waals surface area contributed by atoms with E-state index in [1.807, 2.05) is 13.2 Å². The van der Waals surface area contributed by atoms with Gasteiger partial charge in [0.15, 0.2) is 5.41 Å². The summed E-state index contributed by atoms with van der Waals surface area (Å²) >= 11 is 1.51. The maximum Gasteiger partial charge on any atom is 0.337 e. The third kappa shape index (κ3) is 4.02. The molecular formula is C26H24N2O5S. The second kappa shape index (κ2) is 10.0. The Morgan fingerprint density at radius 3 is 2.00 bits per heavy atom. The molecule has 1 aliphatic carbocycles. The van der Waals surface area contributed by atoms with E-state index in [9.17, 15) is 25.2 Å². The molecule has 0 saturated heterocycles. The molecular weight excluding hydrogens is 452 g/mol. The second-order valence-electron chi connectivity index (χ2n) is 7.98. The van der Waals surface area contributed by atoms with Crippen molar-refractivity contribution >= 4 is 23.7 Å². The molecule has 2 aromatic carbocycles. The van der Waals surface area contributed by atoms with E-state index in [1.54, 1.807) is 48.5 Å². The van der Waals surface area contributed by atoms with Crippen LogP contribution in [-0.2, 0) is 19.1 Å². The predicted octanol–water partition coefficient (Wildman–Crippen LogP) is 4.41. The lowest BCUT2D eigenvalue weighted by Gasteiger charge is -2.44. The first kappa shape index (κ1) is 24.9. The van der Waals surface area contributed by atoms with Gasteiger partial charge in [-0.3, -0.25) is 4.79 Å². The van der Waals surface area contributed by atoms with Crippen molar-refractivity contribution in [2.75, 3.05) is 20.5 Å². The van der Waals surface area contributed by atoms with Crippen molar-refractivity contribution in [3.05, 3.63) is 76.6 Å². The van der Waals surface area contributed by atoms with Crippen LogP contribution in [0.4, 0.5) is 0 Å². The monoisotopic (exact) mass is 476 g/mol. The Bertz CT molecular complexity index is 1190. The molecule has 0 radical (unpaired) electrons. The van der Waals surface area contributed by atoms with Gasteiger partial charge in [-0.15, -0.1) is 11.8 Å². The van der Waals surface area contributed by atoms with Crippen LogP contribution in [-0.4, -0.2) is 37.5 Å². The Kier molecular flexibility index (Phi) is 7.34. The third-order valence-electron chi connectivity index (χ3n) is 6.25. The van der Waals surface area contributed by atoms with E-state index >= 15 is 0 Å². The van der Waals surface area contributed by atoms with Crippen LogP contribution in [0.15, 0.2) is 64.8 Å². The zero-order valence-electron chi connectivity index (χ0n) is 19.2. The summed E-state index contributed by atoms with van der Waals surface area (Å²) in [5, 5.41) is 32.3. The van der Waals surface area contributed by atoms with E-state index in [2.05, 4.69) is 12.1 Å². The smallest absolute Gasteiger partial charge is 0.337 e. The van der Waals surface area contributed by atoms with Crippen LogP contribution in [0.2, 0.25) is 0 Å². The summed E-state index contributed by atoms with van der Waals surface area (Å²) in [5.74, 6) is -6.11. The van der Waals surface area contributed by atoms with Gasteiger partial charge in [-0.1, -0.05) is 42.0 Å². The van der Waals surface area contributed by atoms with Crippen molar-refractivity contribution in [3.63, 3.8) is 0 Å². The van der Waals surface area contributed by atoms with E-state index in [0.29, 0.717) is 11.1 Å². The molecule has 2 aromatic rings. The Labute approximate surface area is 202 Å². The van der Waals surface area contributed by atoms with Gasteiger partial charge in [-0.2, -0.15) is 10.5 Å². The zero-order chi connectivity index (χ0) is 25.0. The van der Waals surface area contributed by atoms with Gasteiger partial charge >= 0.3 is 11.9 Å². The molecule has 3 rings (SSSR count). The molecule has 0 heterocycles. The molecule has 1 N–H and O–H groups in total. The number of esters is 2. The van der Waals surface area contributed by atoms with Crippen molar-refractivity contribution in [1.82, 2.24) is 0 Å². The maximum absolute atomic E-state index is 12.9. The third-order valence-corrected chi connectivity index (χ3v) is 7.00. The highest BCUT2D eigenvalue weighted by molar-refractivity contribution is 7.98. The van der Waals surface area contributed by atoms with Crippen molar-refractivity contribution in [3.8, 4) is 12.1 Å². The standard InChI is InChI=1S/C26H24N2O5S/c1-15-5-7-16(8-6-15)21-19(24(30)32-2)23(29)20(25(31)33-3)22(26(21,13-27)14-28)17-9-11-18(34-4)12-10-17/h5-12,19,21-22,29H,1-4H3/t19-,21+,22+/m1/s1. The molecule has 8 heteroatoms.